The smallest absolute Gasteiger partial charge is 0.188 e. The van der Waals surface area contributed by atoms with Crippen LogP contribution < -0.4 is 5.73 Å². The van der Waals surface area contributed by atoms with Crippen LogP contribution in [0.5, 0.6) is 0 Å². The summed E-state index contributed by atoms with van der Waals surface area (Å²) in [5.41, 5.74) is 5.45. The van der Waals surface area contributed by atoms with Gasteiger partial charge in [-0.3, -0.25) is 5.41 Å². The minimum Gasteiger partial charge on any atom is -0.370 e. The van der Waals surface area contributed by atoms with Crippen molar-refractivity contribution in [2.45, 2.75) is 18.9 Å². The average molecular weight is 170 g/mol. The van der Waals surface area contributed by atoms with Crippen LogP contribution >= 0.6 is 0 Å². The van der Waals surface area contributed by atoms with E-state index in [1.807, 2.05) is 4.90 Å². The van der Waals surface area contributed by atoms with Crippen LogP contribution in [0.25, 0.3) is 0 Å². The fourth-order valence-electron chi connectivity index (χ4n) is 1.76. The standard InChI is InChI=1S/C8H18N4/c1-11(2)6-7-4-3-5-12(7)8(9)10/h7H,3-6H2,1-2H3,(H3,9,10). The molecule has 0 aromatic carbocycles. The van der Waals surface area contributed by atoms with Gasteiger partial charge in [-0.1, -0.05) is 0 Å². The maximum atomic E-state index is 7.35. The summed E-state index contributed by atoms with van der Waals surface area (Å²) in [4.78, 5) is 4.13. The SMILES string of the molecule is CN(C)CC1CCCN1C(=N)N. The third kappa shape index (κ3) is 2.11. The second kappa shape index (κ2) is 3.76. The molecule has 1 aliphatic rings. The molecule has 70 valence electrons. The highest BCUT2D eigenvalue weighted by molar-refractivity contribution is 5.75. The lowest BCUT2D eigenvalue weighted by molar-refractivity contribution is 0.283. The number of nitrogens with zero attached hydrogens (tertiary/aromatic N) is 2. The van der Waals surface area contributed by atoms with Gasteiger partial charge in [0.2, 0.25) is 0 Å². The lowest BCUT2D eigenvalue weighted by Gasteiger charge is -2.26. The van der Waals surface area contributed by atoms with Crippen molar-refractivity contribution in [2.24, 2.45) is 5.73 Å². The highest BCUT2D eigenvalue weighted by Gasteiger charge is 2.25. The quantitative estimate of drug-likeness (QED) is 0.449. The molecule has 0 spiro atoms. The Hall–Kier alpha value is -0.770. The van der Waals surface area contributed by atoms with Gasteiger partial charge in [-0.15, -0.1) is 0 Å². The van der Waals surface area contributed by atoms with E-state index in [4.69, 9.17) is 11.1 Å². The van der Waals surface area contributed by atoms with Crippen LogP contribution in [-0.2, 0) is 0 Å². The van der Waals surface area contributed by atoms with E-state index in [2.05, 4.69) is 19.0 Å². The van der Waals surface area contributed by atoms with Crippen LogP contribution in [0.2, 0.25) is 0 Å². The first kappa shape index (κ1) is 9.32. The lowest BCUT2D eigenvalue weighted by Crippen LogP contribution is -2.44. The molecule has 0 amide bonds. The number of hydrogen-bond donors (Lipinski definition) is 2. The van der Waals surface area contributed by atoms with Crippen LogP contribution in [0.3, 0.4) is 0 Å². The van der Waals surface area contributed by atoms with Crippen molar-refractivity contribution in [3.8, 4) is 0 Å². The molecule has 1 heterocycles. The first-order chi connectivity index (χ1) is 5.61. The van der Waals surface area contributed by atoms with Gasteiger partial charge in [-0.2, -0.15) is 0 Å². The van der Waals surface area contributed by atoms with E-state index in [1.54, 1.807) is 0 Å². The molecule has 4 heteroatoms. The highest BCUT2D eigenvalue weighted by atomic mass is 15.3. The van der Waals surface area contributed by atoms with Crippen molar-refractivity contribution in [3.63, 3.8) is 0 Å². The largest absolute Gasteiger partial charge is 0.370 e. The van der Waals surface area contributed by atoms with E-state index in [0.29, 0.717) is 6.04 Å². The number of hydrogen-bond acceptors (Lipinski definition) is 2. The molecule has 1 rings (SSSR count). The van der Waals surface area contributed by atoms with Crippen LogP contribution in [-0.4, -0.2) is 49.0 Å². The number of likely N-dealkylation sites (N-methyl/N-ethyl adjacent to an activating group) is 1. The summed E-state index contributed by atoms with van der Waals surface area (Å²) in [6.07, 6.45) is 2.33. The van der Waals surface area contributed by atoms with E-state index in [0.717, 1.165) is 25.9 Å². The number of likely N-dealkylation sites (tertiary alicyclic amines) is 1. The number of nitrogens with two attached hydrogens (primary N) is 1. The van der Waals surface area contributed by atoms with E-state index in [1.165, 1.54) is 0 Å². The molecular weight excluding hydrogens is 152 g/mol. The topological polar surface area (TPSA) is 56.4 Å². The molecule has 0 aliphatic carbocycles. The van der Waals surface area contributed by atoms with Crippen molar-refractivity contribution >= 4 is 5.96 Å². The van der Waals surface area contributed by atoms with Gasteiger partial charge in [0, 0.05) is 19.1 Å². The Morgan fingerprint density at radius 3 is 2.83 bits per heavy atom. The molecular formula is C8H18N4. The molecule has 4 nitrogen and oxygen atoms in total. The van der Waals surface area contributed by atoms with Crippen LogP contribution in [0.4, 0.5) is 0 Å². The van der Waals surface area contributed by atoms with Crippen LogP contribution in [0.1, 0.15) is 12.8 Å². The van der Waals surface area contributed by atoms with Crippen molar-refractivity contribution in [2.75, 3.05) is 27.2 Å². The van der Waals surface area contributed by atoms with Gasteiger partial charge in [-0.25, -0.2) is 0 Å². The fourth-order valence-corrected chi connectivity index (χ4v) is 1.76. The van der Waals surface area contributed by atoms with E-state index >= 15 is 0 Å². The third-order valence-electron chi connectivity index (χ3n) is 2.26. The summed E-state index contributed by atoms with van der Waals surface area (Å²) in [5, 5.41) is 7.35. The molecule has 0 radical (unpaired) electrons. The average Bonchev–Trinajstić information content (AvgIpc) is 2.33. The van der Waals surface area contributed by atoms with Gasteiger partial charge < -0.3 is 15.5 Å². The lowest BCUT2D eigenvalue weighted by atomic mass is 10.2. The Bertz CT molecular complexity index is 166. The van der Waals surface area contributed by atoms with Gasteiger partial charge in [0.1, 0.15) is 0 Å². The Labute approximate surface area is 73.8 Å². The Morgan fingerprint density at radius 1 is 1.67 bits per heavy atom. The minimum absolute atomic E-state index is 0.222. The van der Waals surface area contributed by atoms with Crippen LogP contribution in [0.15, 0.2) is 0 Å². The predicted molar refractivity (Wildman–Crippen MR) is 50.2 cm³/mol. The summed E-state index contributed by atoms with van der Waals surface area (Å²) in [7, 11) is 4.10. The van der Waals surface area contributed by atoms with Gasteiger partial charge in [-0.05, 0) is 26.9 Å². The van der Waals surface area contributed by atoms with Gasteiger partial charge in [0.15, 0.2) is 5.96 Å². The highest BCUT2D eigenvalue weighted by Crippen LogP contribution is 2.16. The Balaban J connectivity index is 2.46. The van der Waals surface area contributed by atoms with E-state index in [9.17, 15) is 0 Å². The summed E-state index contributed by atoms with van der Waals surface area (Å²) < 4.78 is 0. The molecule has 1 unspecified atom stereocenters. The minimum atomic E-state index is 0.222. The monoisotopic (exact) mass is 170 g/mol. The summed E-state index contributed by atoms with van der Waals surface area (Å²) in [6.45, 7) is 1.95. The normalized spacial score (nSPS) is 23.6. The summed E-state index contributed by atoms with van der Waals surface area (Å²) in [5.74, 6) is 0.222. The first-order valence-corrected chi connectivity index (χ1v) is 4.36. The van der Waals surface area contributed by atoms with Gasteiger partial charge >= 0.3 is 0 Å². The molecule has 3 N–H and O–H groups in total. The second-order valence-corrected chi connectivity index (χ2v) is 3.64. The number of rotatable bonds is 2. The van der Waals surface area contributed by atoms with Crippen molar-refractivity contribution in [1.82, 2.24) is 9.80 Å². The fraction of sp³-hybridized carbons (Fsp3) is 0.875. The van der Waals surface area contributed by atoms with E-state index in [-0.39, 0.29) is 5.96 Å². The first-order valence-electron chi connectivity index (χ1n) is 4.36. The zero-order valence-corrected chi connectivity index (χ0v) is 7.88. The van der Waals surface area contributed by atoms with Crippen molar-refractivity contribution in [3.05, 3.63) is 0 Å². The molecule has 1 atom stereocenters. The third-order valence-corrected chi connectivity index (χ3v) is 2.26. The van der Waals surface area contributed by atoms with Crippen molar-refractivity contribution in [1.29, 1.82) is 5.41 Å². The molecule has 1 fully saturated rings. The van der Waals surface area contributed by atoms with Gasteiger partial charge in [0.25, 0.3) is 0 Å². The Kier molecular flexibility index (Phi) is 2.92. The molecule has 12 heavy (non-hydrogen) atoms. The maximum Gasteiger partial charge on any atom is 0.188 e. The van der Waals surface area contributed by atoms with Crippen LogP contribution in [0, 0.1) is 5.41 Å². The molecule has 0 aromatic rings. The zero-order chi connectivity index (χ0) is 9.14. The van der Waals surface area contributed by atoms with Gasteiger partial charge in [0.05, 0.1) is 0 Å². The molecule has 0 bridgehead atoms. The number of nitrogens with one attached hydrogen (secondary N) is 1. The zero-order valence-electron chi connectivity index (χ0n) is 7.88. The summed E-state index contributed by atoms with van der Waals surface area (Å²) in [6, 6.07) is 0.456. The summed E-state index contributed by atoms with van der Waals surface area (Å²) >= 11 is 0. The molecule has 1 saturated heterocycles. The van der Waals surface area contributed by atoms with Crippen molar-refractivity contribution < 1.29 is 0 Å². The molecule has 0 saturated carbocycles. The Morgan fingerprint density at radius 2 is 2.33 bits per heavy atom. The predicted octanol–water partition coefficient (Wildman–Crippen LogP) is -0.0941. The number of guanidine groups is 1. The maximum absolute atomic E-state index is 7.35. The van der Waals surface area contributed by atoms with E-state index < -0.39 is 0 Å². The molecule has 0 aromatic heterocycles. The second-order valence-electron chi connectivity index (χ2n) is 3.64. The molecule has 1 aliphatic heterocycles.